The molecule has 0 bridgehead atoms. The van der Waals surface area contributed by atoms with Crippen LogP contribution in [0, 0.1) is 11.7 Å². The van der Waals surface area contributed by atoms with Crippen LogP contribution in [0.15, 0.2) is 85.1 Å². The predicted octanol–water partition coefficient (Wildman–Crippen LogP) is 6.20. The lowest BCUT2D eigenvalue weighted by atomic mass is 9.80. The molecule has 1 saturated heterocycles. The summed E-state index contributed by atoms with van der Waals surface area (Å²) in [7, 11) is -5.75. The number of nitrogens with zero attached hydrogens (tertiary/aromatic N) is 2. The molecule has 198 valence electrons. The van der Waals surface area contributed by atoms with Crippen LogP contribution < -0.4 is 4.90 Å². The van der Waals surface area contributed by atoms with Crippen LogP contribution in [-0.2, 0) is 14.9 Å². The summed E-state index contributed by atoms with van der Waals surface area (Å²) in [6.45, 7) is 0. The van der Waals surface area contributed by atoms with Gasteiger partial charge in [-0.15, -0.1) is 0 Å². The fraction of sp³-hybridized carbons (Fsp3) is 0.143. The highest BCUT2D eigenvalue weighted by atomic mass is 32.2. The second-order valence-corrected chi connectivity index (χ2v) is 10.9. The quantitative estimate of drug-likeness (QED) is 0.124. The lowest BCUT2D eigenvalue weighted by Gasteiger charge is -2.49. The Morgan fingerprint density at radius 3 is 2.13 bits per heavy atom. The third-order valence-corrected chi connectivity index (χ3v) is 8.37. The van der Waals surface area contributed by atoms with Gasteiger partial charge in [0.15, 0.2) is 5.25 Å². The third kappa shape index (κ3) is 4.00. The molecule has 1 aliphatic rings. The number of hydrogen-bond donors (Lipinski definition) is 1. The number of halogens is 4. The number of amides is 1. The van der Waals surface area contributed by atoms with Crippen LogP contribution in [0.1, 0.15) is 11.7 Å². The molecule has 6 nitrogen and oxygen atoms in total. The van der Waals surface area contributed by atoms with E-state index in [0.29, 0.717) is 5.39 Å². The summed E-state index contributed by atoms with van der Waals surface area (Å²) in [4.78, 5) is 18.5. The smallest absolute Gasteiger partial charge is 0.301 e. The second kappa shape index (κ2) is 8.72. The number of pyridine rings is 1. The van der Waals surface area contributed by atoms with Crippen molar-refractivity contribution in [3.8, 4) is 0 Å². The molecule has 1 N–H and O–H groups in total. The normalized spacial score (nSPS) is 19.0. The molecule has 2 heterocycles. The Bertz CT molecular complexity index is 1890. The van der Waals surface area contributed by atoms with Crippen molar-refractivity contribution in [2.24, 2.45) is 5.92 Å². The van der Waals surface area contributed by atoms with Crippen LogP contribution in [0.3, 0.4) is 0 Å². The zero-order valence-electron chi connectivity index (χ0n) is 19.8. The van der Waals surface area contributed by atoms with Crippen molar-refractivity contribution in [2.75, 3.05) is 4.90 Å². The minimum absolute atomic E-state index is 0.152. The number of hydrogen-bond acceptors (Lipinski definition) is 4. The molecule has 3 atom stereocenters. The summed E-state index contributed by atoms with van der Waals surface area (Å²) < 4.78 is 89.1. The van der Waals surface area contributed by atoms with Gasteiger partial charge in [0.2, 0.25) is 5.91 Å². The van der Waals surface area contributed by atoms with Gasteiger partial charge in [-0.3, -0.25) is 14.3 Å². The highest BCUT2D eigenvalue weighted by Crippen LogP contribution is 2.52. The van der Waals surface area contributed by atoms with Crippen LogP contribution in [-0.4, -0.2) is 35.3 Å². The maximum atomic E-state index is 14.0. The van der Waals surface area contributed by atoms with E-state index >= 15 is 0 Å². The summed E-state index contributed by atoms with van der Waals surface area (Å²) in [6, 6.07) is 20.6. The number of alkyl halides is 3. The van der Waals surface area contributed by atoms with Crippen LogP contribution in [0.2, 0.25) is 0 Å². The average Bonchev–Trinajstić information content (AvgIpc) is 2.89. The van der Waals surface area contributed by atoms with E-state index in [-0.39, 0.29) is 11.4 Å². The summed E-state index contributed by atoms with van der Waals surface area (Å²) in [5, 5.41) is 1.19. The van der Waals surface area contributed by atoms with E-state index in [0.717, 1.165) is 50.2 Å². The van der Waals surface area contributed by atoms with E-state index in [9.17, 15) is 35.3 Å². The van der Waals surface area contributed by atoms with Gasteiger partial charge in [-0.25, -0.2) is 4.39 Å². The van der Waals surface area contributed by atoms with Crippen LogP contribution in [0.4, 0.5) is 23.2 Å². The fourth-order valence-corrected chi connectivity index (χ4v) is 6.53. The average molecular weight is 555 g/mol. The van der Waals surface area contributed by atoms with Gasteiger partial charge < -0.3 is 4.90 Å². The van der Waals surface area contributed by atoms with Gasteiger partial charge in [0.25, 0.3) is 10.1 Å². The number of benzene rings is 4. The molecule has 6 rings (SSSR count). The van der Waals surface area contributed by atoms with E-state index in [1.807, 2.05) is 42.5 Å². The molecule has 0 spiro atoms. The van der Waals surface area contributed by atoms with E-state index in [4.69, 9.17) is 0 Å². The SMILES string of the molecule is O=C1[C@@H](C(C(F)(F)F)S(=O)(=O)O)[C@H](c2ccc(F)cn2)N1c1cc2c3ccccc3ccc2c2ccccc12. The molecular weight excluding hydrogens is 536 g/mol. The summed E-state index contributed by atoms with van der Waals surface area (Å²) >= 11 is 0. The monoisotopic (exact) mass is 554 g/mol. The Kier molecular flexibility index (Phi) is 5.63. The fourth-order valence-electron chi connectivity index (χ4n) is 5.55. The predicted molar refractivity (Wildman–Crippen MR) is 138 cm³/mol. The van der Waals surface area contributed by atoms with Crippen LogP contribution >= 0.6 is 0 Å². The molecule has 0 aliphatic carbocycles. The number of β-lactam (4-membered cyclic amide) rings is 1. The Balaban J connectivity index is 1.64. The Hall–Kier alpha value is -4.09. The van der Waals surface area contributed by atoms with E-state index in [2.05, 4.69) is 4.98 Å². The van der Waals surface area contributed by atoms with Crippen molar-refractivity contribution < 1.29 is 35.3 Å². The molecule has 39 heavy (non-hydrogen) atoms. The summed E-state index contributed by atoms with van der Waals surface area (Å²) in [6.07, 6.45) is -4.69. The number of carbonyl (C=O) groups excluding carboxylic acids is 1. The molecule has 1 fully saturated rings. The largest absolute Gasteiger partial charge is 0.408 e. The van der Waals surface area contributed by atoms with Crippen molar-refractivity contribution in [3.63, 3.8) is 0 Å². The molecule has 11 heteroatoms. The van der Waals surface area contributed by atoms with Gasteiger partial charge in [-0.1, -0.05) is 60.7 Å². The van der Waals surface area contributed by atoms with E-state index < -0.39 is 45.2 Å². The summed E-state index contributed by atoms with van der Waals surface area (Å²) in [5.74, 6) is -4.16. The number of anilines is 1. The second-order valence-electron chi connectivity index (χ2n) is 9.38. The number of fused-ring (bicyclic) bond motifs is 5. The van der Waals surface area contributed by atoms with Crippen molar-refractivity contribution in [3.05, 3.63) is 96.6 Å². The third-order valence-electron chi connectivity index (χ3n) is 7.17. The minimum Gasteiger partial charge on any atom is -0.301 e. The molecule has 5 aromatic rings. The molecule has 4 aromatic carbocycles. The first kappa shape index (κ1) is 25.2. The standard InChI is InChI=1S/C28H18F4N2O4S/c29-16-10-12-22(33-14-16)25-24(26(28(30,31)32)39(36,37)38)27(35)34(25)23-13-21-17-6-2-1-5-15(17)9-11-19(21)18-7-3-4-8-20(18)23/h1-14,24-26H,(H,36,37,38)/t24-,25+,26?/m1/s1. The minimum atomic E-state index is -5.75. The highest BCUT2D eigenvalue weighted by molar-refractivity contribution is 7.86. The van der Waals surface area contributed by atoms with Crippen molar-refractivity contribution >= 4 is 54.0 Å². The molecular formula is C28H18F4N2O4S. The molecule has 1 unspecified atom stereocenters. The summed E-state index contributed by atoms with van der Waals surface area (Å²) in [5.41, 5.74) is 0.0871. The van der Waals surface area contributed by atoms with Crippen molar-refractivity contribution in [1.29, 1.82) is 0 Å². The molecule has 0 radical (unpaired) electrons. The molecule has 0 saturated carbocycles. The van der Waals surface area contributed by atoms with Gasteiger partial charge >= 0.3 is 6.18 Å². The van der Waals surface area contributed by atoms with Gasteiger partial charge in [-0.2, -0.15) is 21.6 Å². The first-order valence-electron chi connectivity index (χ1n) is 11.8. The van der Waals surface area contributed by atoms with E-state index in [1.54, 1.807) is 24.3 Å². The topological polar surface area (TPSA) is 87.6 Å². The zero-order chi connectivity index (χ0) is 27.7. The van der Waals surface area contributed by atoms with Gasteiger partial charge in [0.05, 0.1) is 29.5 Å². The lowest BCUT2D eigenvalue weighted by Crippen LogP contribution is -2.64. The van der Waals surface area contributed by atoms with Crippen molar-refractivity contribution in [1.82, 2.24) is 4.98 Å². The first-order valence-corrected chi connectivity index (χ1v) is 13.3. The van der Waals surface area contributed by atoms with Crippen LogP contribution in [0.5, 0.6) is 0 Å². The van der Waals surface area contributed by atoms with Crippen molar-refractivity contribution in [2.45, 2.75) is 17.5 Å². The maximum Gasteiger partial charge on any atom is 0.408 e. The molecule has 1 aromatic heterocycles. The number of carbonyl (C=O) groups is 1. The maximum absolute atomic E-state index is 14.0. The molecule has 1 amide bonds. The van der Waals surface area contributed by atoms with Gasteiger partial charge in [-0.05, 0) is 45.1 Å². The molecule has 1 aliphatic heterocycles. The van der Waals surface area contributed by atoms with Gasteiger partial charge in [0.1, 0.15) is 5.82 Å². The van der Waals surface area contributed by atoms with Gasteiger partial charge in [0, 0.05) is 5.39 Å². The highest BCUT2D eigenvalue weighted by Gasteiger charge is 2.65. The Morgan fingerprint density at radius 2 is 1.49 bits per heavy atom. The number of aromatic nitrogens is 1. The number of rotatable bonds is 4. The Morgan fingerprint density at radius 1 is 0.846 bits per heavy atom. The van der Waals surface area contributed by atoms with Crippen LogP contribution in [0.25, 0.3) is 32.3 Å². The Labute approximate surface area is 219 Å². The van der Waals surface area contributed by atoms with E-state index in [1.165, 1.54) is 0 Å². The lowest BCUT2D eigenvalue weighted by molar-refractivity contribution is -0.160. The zero-order valence-corrected chi connectivity index (χ0v) is 20.6. The first-order chi connectivity index (χ1) is 18.5.